The van der Waals surface area contributed by atoms with Gasteiger partial charge in [0.1, 0.15) is 18.0 Å². The van der Waals surface area contributed by atoms with E-state index in [0.717, 1.165) is 5.69 Å². The van der Waals surface area contributed by atoms with Crippen molar-refractivity contribution in [3.8, 4) is 17.3 Å². The molecule has 1 aliphatic rings. The fourth-order valence-corrected chi connectivity index (χ4v) is 4.44. The summed E-state index contributed by atoms with van der Waals surface area (Å²) in [7, 11) is 0. The molecule has 0 aliphatic carbocycles. The van der Waals surface area contributed by atoms with Gasteiger partial charge >= 0.3 is 0 Å². The number of benzene rings is 1. The second-order valence-electron chi connectivity index (χ2n) is 7.91. The summed E-state index contributed by atoms with van der Waals surface area (Å²) in [5.41, 5.74) is 2.22. The Labute approximate surface area is 203 Å². The fourth-order valence-electron chi connectivity index (χ4n) is 4.05. The van der Waals surface area contributed by atoms with Crippen molar-refractivity contribution >= 4 is 34.8 Å². The number of hydrogen-bond acceptors (Lipinski definition) is 6. The van der Waals surface area contributed by atoms with Crippen LogP contribution in [0.5, 0.6) is 5.75 Å². The molecule has 0 bridgehead atoms. The smallest absolute Gasteiger partial charge is 0.244 e. The van der Waals surface area contributed by atoms with E-state index in [1.54, 1.807) is 30.1 Å². The van der Waals surface area contributed by atoms with Gasteiger partial charge in [0.2, 0.25) is 5.91 Å². The lowest BCUT2D eigenvalue weighted by Gasteiger charge is -2.41. The van der Waals surface area contributed by atoms with Crippen molar-refractivity contribution in [2.45, 2.75) is 33.4 Å². The lowest BCUT2D eigenvalue weighted by atomic mass is 10.1. The van der Waals surface area contributed by atoms with Gasteiger partial charge in [-0.25, -0.2) is 9.97 Å². The molecule has 4 rings (SSSR count). The Balaban J connectivity index is 1.48. The number of carbonyl (C=O) groups is 1. The van der Waals surface area contributed by atoms with Gasteiger partial charge in [-0.15, -0.1) is 0 Å². The Hall–Kier alpha value is -2.84. The van der Waals surface area contributed by atoms with Crippen LogP contribution < -0.4 is 9.64 Å². The molecule has 1 atom stereocenters. The van der Waals surface area contributed by atoms with Crippen molar-refractivity contribution in [1.82, 2.24) is 24.6 Å². The first-order valence-corrected chi connectivity index (χ1v) is 11.6. The number of rotatable bonds is 6. The van der Waals surface area contributed by atoms with Crippen LogP contribution in [0.2, 0.25) is 10.0 Å². The molecular weight excluding hydrogens is 463 g/mol. The molecule has 3 heterocycles. The zero-order valence-corrected chi connectivity index (χ0v) is 20.3. The number of nitrogens with zero attached hydrogens (tertiary/aromatic N) is 6. The van der Waals surface area contributed by atoms with Gasteiger partial charge in [0.05, 0.1) is 22.3 Å². The van der Waals surface area contributed by atoms with Crippen molar-refractivity contribution in [2.24, 2.45) is 0 Å². The molecule has 1 amide bonds. The molecule has 0 radical (unpaired) electrons. The monoisotopic (exact) mass is 488 g/mol. The SMILES string of the molecule is CCOc1cc(N2CCN(C(=O)Cn3nc(C)c(Cl)c3-c3ncccn3)C(C)C2)ccc1Cl. The topological polar surface area (TPSA) is 76.4 Å². The third kappa shape index (κ3) is 4.91. The number of piperazine rings is 1. The van der Waals surface area contributed by atoms with Gasteiger partial charge in [-0.1, -0.05) is 23.2 Å². The maximum absolute atomic E-state index is 13.2. The number of anilines is 1. The number of halogens is 2. The van der Waals surface area contributed by atoms with E-state index >= 15 is 0 Å². The molecule has 1 aromatic carbocycles. The highest BCUT2D eigenvalue weighted by molar-refractivity contribution is 6.33. The lowest BCUT2D eigenvalue weighted by Crippen LogP contribution is -2.54. The first-order chi connectivity index (χ1) is 15.9. The molecule has 0 N–H and O–H groups in total. The maximum atomic E-state index is 13.2. The number of amides is 1. The van der Waals surface area contributed by atoms with Gasteiger partial charge in [-0.3, -0.25) is 9.48 Å². The summed E-state index contributed by atoms with van der Waals surface area (Å²) < 4.78 is 7.23. The van der Waals surface area contributed by atoms with E-state index in [1.807, 2.05) is 36.9 Å². The van der Waals surface area contributed by atoms with Gasteiger partial charge < -0.3 is 14.5 Å². The standard InChI is InChI=1S/C23H26Cl2N6O2/c1-4-33-19-12-17(6-7-18(19)24)29-10-11-30(15(2)13-29)20(32)14-31-22(21(25)16(3)28-31)23-26-8-5-9-27-23/h5-9,12,15H,4,10-11,13-14H2,1-3H3. The average Bonchev–Trinajstić information content (AvgIpc) is 3.08. The van der Waals surface area contributed by atoms with Crippen LogP contribution in [0.15, 0.2) is 36.7 Å². The summed E-state index contributed by atoms with van der Waals surface area (Å²) >= 11 is 12.7. The zero-order chi connectivity index (χ0) is 23.5. The van der Waals surface area contributed by atoms with E-state index in [-0.39, 0.29) is 18.5 Å². The maximum Gasteiger partial charge on any atom is 0.244 e. The third-order valence-electron chi connectivity index (χ3n) is 5.64. The van der Waals surface area contributed by atoms with Crippen molar-refractivity contribution in [1.29, 1.82) is 0 Å². The molecule has 2 aromatic heterocycles. The molecule has 1 saturated heterocycles. The normalized spacial score (nSPS) is 16.2. The zero-order valence-electron chi connectivity index (χ0n) is 18.8. The number of hydrogen-bond donors (Lipinski definition) is 0. The van der Waals surface area contributed by atoms with Crippen LogP contribution >= 0.6 is 23.2 Å². The van der Waals surface area contributed by atoms with Crippen LogP contribution in [0.3, 0.4) is 0 Å². The van der Waals surface area contributed by atoms with E-state index in [0.29, 0.717) is 59.2 Å². The summed E-state index contributed by atoms with van der Waals surface area (Å²) in [4.78, 5) is 25.9. The highest BCUT2D eigenvalue weighted by Gasteiger charge is 2.29. The Morgan fingerprint density at radius 3 is 2.67 bits per heavy atom. The minimum atomic E-state index is -0.0235. The molecule has 0 spiro atoms. The van der Waals surface area contributed by atoms with E-state index in [1.165, 1.54) is 0 Å². The number of ether oxygens (including phenoxy) is 1. The van der Waals surface area contributed by atoms with E-state index in [9.17, 15) is 4.79 Å². The molecule has 1 unspecified atom stereocenters. The highest BCUT2D eigenvalue weighted by Crippen LogP contribution is 2.31. The van der Waals surface area contributed by atoms with E-state index < -0.39 is 0 Å². The Morgan fingerprint density at radius 1 is 1.21 bits per heavy atom. The lowest BCUT2D eigenvalue weighted by molar-refractivity contribution is -0.134. The first kappa shape index (κ1) is 23.3. The third-order valence-corrected chi connectivity index (χ3v) is 6.41. The number of carbonyl (C=O) groups excluding carboxylic acids is 1. The van der Waals surface area contributed by atoms with Gasteiger partial charge in [0.15, 0.2) is 5.82 Å². The molecule has 8 nitrogen and oxygen atoms in total. The summed E-state index contributed by atoms with van der Waals surface area (Å²) in [5.74, 6) is 1.09. The van der Waals surface area contributed by atoms with Crippen molar-refractivity contribution in [2.75, 3.05) is 31.1 Å². The molecular formula is C23H26Cl2N6O2. The van der Waals surface area contributed by atoms with Crippen molar-refractivity contribution in [3.63, 3.8) is 0 Å². The molecule has 1 fully saturated rings. The first-order valence-electron chi connectivity index (χ1n) is 10.9. The minimum absolute atomic E-state index is 0.0148. The van der Waals surface area contributed by atoms with Crippen LogP contribution in [-0.2, 0) is 11.3 Å². The predicted molar refractivity (Wildman–Crippen MR) is 129 cm³/mol. The minimum Gasteiger partial charge on any atom is -0.492 e. The highest BCUT2D eigenvalue weighted by atomic mass is 35.5. The largest absolute Gasteiger partial charge is 0.492 e. The van der Waals surface area contributed by atoms with Gasteiger partial charge in [0, 0.05) is 49.8 Å². The Bertz CT molecular complexity index is 1140. The Morgan fingerprint density at radius 2 is 1.97 bits per heavy atom. The summed E-state index contributed by atoms with van der Waals surface area (Å²) in [6.07, 6.45) is 3.28. The number of aryl methyl sites for hydroxylation is 1. The van der Waals surface area contributed by atoms with Crippen LogP contribution in [0.25, 0.3) is 11.5 Å². The molecule has 10 heteroatoms. The summed E-state index contributed by atoms with van der Waals surface area (Å²) in [6.45, 7) is 8.40. The van der Waals surface area contributed by atoms with Crippen LogP contribution in [0.1, 0.15) is 19.5 Å². The van der Waals surface area contributed by atoms with E-state index in [2.05, 4.69) is 20.0 Å². The molecule has 3 aromatic rings. The van der Waals surface area contributed by atoms with Crippen LogP contribution in [0.4, 0.5) is 5.69 Å². The van der Waals surface area contributed by atoms with Gasteiger partial charge in [-0.2, -0.15) is 5.10 Å². The number of aromatic nitrogens is 4. The van der Waals surface area contributed by atoms with Crippen LogP contribution in [0, 0.1) is 6.92 Å². The quantitative estimate of drug-likeness (QED) is 0.519. The molecule has 174 valence electrons. The van der Waals surface area contributed by atoms with E-state index in [4.69, 9.17) is 27.9 Å². The molecule has 33 heavy (non-hydrogen) atoms. The average molecular weight is 489 g/mol. The fraction of sp³-hybridized carbons (Fsp3) is 0.391. The Kier molecular flexibility index (Phi) is 7.05. The predicted octanol–water partition coefficient (Wildman–Crippen LogP) is 4.09. The summed E-state index contributed by atoms with van der Waals surface area (Å²) in [6, 6.07) is 7.53. The molecule has 0 saturated carbocycles. The second kappa shape index (κ2) is 9.97. The van der Waals surface area contributed by atoms with Gasteiger partial charge in [-0.05, 0) is 39.0 Å². The van der Waals surface area contributed by atoms with Gasteiger partial charge in [0.25, 0.3) is 0 Å². The summed E-state index contributed by atoms with van der Waals surface area (Å²) in [5, 5.41) is 5.51. The van der Waals surface area contributed by atoms with Crippen LogP contribution in [-0.4, -0.2) is 62.8 Å². The van der Waals surface area contributed by atoms with Crippen molar-refractivity contribution < 1.29 is 9.53 Å². The van der Waals surface area contributed by atoms with Crippen molar-refractivity contribution in [3.05, 3.63) is 52.4 Å². The second-order valence-corrected chi connectivity index (χ2v) is 8.69. The molecule has 1 aliphatic heterocycles.